The van der Waals surface area contributed by atoms with Crippen LogP contribution >= 0.6 is 11.3 Å². The summed E-state index contributed by atoms with van der Waals surface area (Å²) >= 11 is 1.81. The molecule has 0 amide bonds. The van der Waals surface area contributed by atoms with Crippen molar-refractivity contribution in [2.45, 2.75) is 46.6 Å². The minimum absolute atomic E-state index is 0.392. The third-order valence-corrected chi connectivity index (χ3v) is 4.90. The molecule has 1 heterocycles. The number of rotatable bonds is 8. The minimum atomic E-state index is 0.392. The Kier molecular flexibility index (Phi) is 6.65. The van der Waals surface area contributed by atoms with Crippen LogP contribution in [0.25, 0.3) is 0 Å². The van der Waals surface area contributed by atoms with E-state index >= 15 is 0 Å². The maximum Gasteiger partial charge on any atom is 0.185 e. The van der Waals surface area contributed by atoms with Gasteiger partial charge >= 0.3 is 0 Å². The zero-order valence-electron chi connectivity index (χ0n) is 12.4. The lowest BCUT2D eigenvalue weighted by Gasteiger charge is -2.24. The number of hydrogen-bond acceptors (Lipinski definition) is 4. The lowest BCUT2D eigenvalue weighted by atomic mass is 10.0. The standard InChI is InChI=1S/C14H27N3S/c1-6-12(7-2)10-17(8-3)14-16-9-13(18-14)11(4)15-5/h9,11-12,15H,6-8,10H2,1-5H3. The quantitative estimate of drug-likeness (QED) is 0.780. The Morgan fingerprint density at radius 3 is 2.50 bits per heavy atom. The molecule has 0 radical (unpaired) electrons. The molecule has 1 aromatic heterocycles. The van der Waals surface area contributed by atoms with Gasteiger partial charge in [-0.1, -0.05) is 26.7 Å². The van der Waals surface area contributed by atoms with Gasteiger partial charge in [0.05, 0.1) is 0 Å². The third-order valence-electron chi connectivity index (χ3n) is 3.66. The largest absolute Gasteiger partial charge is 0.348 e. The monoisotopic (exact) mass is 269 g/mol. The van der Waals surface area contributed by atoms with Crippen molar-refractivity contribution in [1.82, 2.24) is 10.3 Å². The van der Waals surface area contributed by atoms with Gasteiger partial charge in [0, 0.05) is 30.2 Å². The van der Waals surface area contributed by atoms with Gasteiger partial charge < -0.3 is 10.2 Å². The van der Waals surface area contributed by atoms with Gasteiger partial charge in [0.25, 0.3) is 0 Å². The predicted octanol–water partition coefficient (Wildman–Crippen LogP) is 3.69. The molecular weight excluding hydrogens is 242 g/mol. The summed E-state index contributed by atoms with van der Waals surface area (Å²) in [6, 6.07) is 0.392. The molecule has 0 saturated heterocycles. The highest BCUT2D eigenvalue weighted by Crippen LogP contribution is 2.28. The van der Waals surface area contributed by atoms with Crippen molar-refractivity contribution in [1.29, 1.82) is 0 Å². The molecule has 0 aromatic carbocycles. The van der Waals surface area contributed by atoms with Crippen molar-refractivity contribution in [3.8, 4) is 0 Å². The van der Waals surface area contributed by atoms with E-state index in [0.717, 1.165) is 19.0 Å². The summed E-state index contributed by atoms with van der Waals surface area (Å²) in [6.45, 7) is 11.1. The molecule has 104 valence electrons. The van der Waals surface area contributed by atoms with Gasteiger partial charge in [0.1, 0.15) is 0 Å². The fourth-order valence-electron chi connectivity index (χ4n) is 1.97. The fraction of sp³-hybridized carbons (Fsp3) is 0.786. The molecule has 1 unspecified atom stereocenters. The Balaban J connectivity index is 2.73. The molecule has 0 aliphatic rings. The van der Waals surface area contributed by atoms with Crippen LogP contribution < -0.4 is 10.2 Å². The highest BCUT2D eigenvalue weighted by Gasteiger charge is 2.15. The summed E-state index contributed by atoms with van der Waals surface area (Å²) in [5, 5.41) is 4.43. The summed E-state index contributed by atoms with van der Waals surface area (Å²) in [4.78, 5) is 8.31. The van der Waals surface area contributed by atoms with Crippen LogP contribution in [0.3, 0.4) is 0 Å². The summed E-state index contributed by atoms with van der Waals surface area (Å²) in [6.07, 6.45) is 4.51. The third kappa shape index (κ3) is 3.95. The van der Waals surface area contributed by atoms with Crippen LogP contribution in [0.4, 0.5) is 5.13 Å². The zero-order chi connectivity index (χ0) is 13.5. The maximum atomic E-state index is 4.58. The number of nitrogens with zero attached hydrogens (tertiary/aromatic N) is 2. The number of nitrogens with one attached hydrogen (secondary N) is 1. The second kappa shape index (κ2) is 7.74. The molecule has 0 spiro atoms. The first-order chi connectivity index (χ1) is 8.65. The first-order valence-corrected chi connectivity index (χ1v) is 7.85. The molecule has 3 nitrogen and oxygen atoms in total. The molecule has 1 N–H and O–H groups in total. The number of hydrogen-bond donors (Lipinski definition) is 1. The van der Waals surface area contributed by atoms with Gasteiger partial charge in [-0.15, -0.1) is 11.3 Å². The molecule has 1 atom stereocenters. The van der Waals surface area contributed by atoms with Crippen molar-refractivity contribution in [2.24, 2.45) is 5.92 Å². The first-order valence-electron chi connectivity index (χ1n) is 7.04. The van der Waals surface area contributed by atoms with Crippen LogP contribution in [0.15, 0.2) is 6.20 Å². The van der Waals surface area contributed by atoms with E-state index in [2.05, 4.69) is 42.9 Å². The Morgan fingerprint density at radius 1 is 1.33 bits per heavy atom. The van der Waals surface area contributed by atoms with Crippen LogP contribution in [0, 0.1) is 5.92 Å². The highest BCUT2D eigenvalue weighted by molar-refractivity contribution is 7.15. The molecule has 18 heavy (non-hydrogen) atoms. The Hall–Kier alpha value is -0.610. The summed E-state index contributed by atoms with van der Waals surface area (Å²) in [5.74, 6) is 0.777. The molecule has 4 heteroatoms. The molecule has 1 aromatic rings. The smallest absolute Gasteiger partial charge is 0.185 e. The minimum Gasteiger partial charge on any atom is -0.348 e. The molecule has 1 rings (SSSR count). The number of aromatic nitrogens is 1. The Labute approximate surface area is 116 Å². The maximum absolute atomic E-state index is 4.58. The number of thiazole rings is 1. The van der Waals surface area contributed by atoms with Crippen LogP contribution in [-0.2, 0) is 0 Å². The van der Waals surface area contributed by atoms with E-state index in [9.17, 15) is 0 Å². The molecule has 0 fully saturated rings. The van der Waals surface area contributed by atoms with Crippen molar-refractivity contribution in [2.75, 3.05) is 25.0 Å². The van der Waals surface area contributed by atoms with E-state index in [1.54, 1.807) is 0 Å². The van der Waals surface area contributed by atoms with E-state index in [1.807, 2.05) is 24.6 Å². The summed E-state index contributed by atoms with van der Waals surface area (Å²) in [7, 11) is 1.99. The Morgan fingerprint density at radius 2 is 2.00 bits per heavy atom. The zero-order valence-corrected chi connectivity index (χ0v) is 13.2. The lowest BCUT2D eigenvalue weighted by Crippen LogP contribution is -2.28. The van der Waals surface area contributed by atoms with E-state index in [4.69, 9.17) is 0 Å². The second-order valence-electron chi connectivity index (χ2n) is 4.78. The molecule has 0 bridgehead atoms. The molecule has 0 aliphatic heterocycles. The molecule has 0 saturated carbocycles. The molecule has 0 aliphatic carbocycles. The van der Waals surface area contributed by atoms with Gasteiger partial charge in [-0.3, -0.25) is 0 Å². The predicted molar refractivity (Wildman–Crippen MR) is 81.5 cm³/mol. The normalized spacial score (nSPS) is 13.0. The average molecular weight is 269 g/mol. The lowest BCUT2D eigenvalue weighted by molar-refractivity contribution is 0.486. The van der Waals surface area contributed by atoms with Gasteiger partial charge in [0.2, 0.25) is 0 Å². The van der Waals surface area contributed by atoms with Gasteiger partial charge in [-0.25, -0.2) is 4.98 Å². The second-order valence-corrected chi connectivity index (χ2v) is 5.82. The van der Waals surface area contributed by atoms with Crippen molar-refractivity contribution >= 4 is 16.5 Å². The van der Waals surface area contributed by atoms with Gasteiger partial charge in [0.15, 0.2) is 5.13 Å². The summed E-state index contributed by atoms with van der Waals surface area (Å²) in [5.41, 5.74) is 0. The summed E-state index contributed by atoms with van der Waals surface area (Å²) < 4.78 is 0. The van der Waals surface area contributed by atoms with Crippen LogP contribution in [0.5, 0.6) is 0 Å². The average Bonchev–Trinajstić information content (AvgIpc) is 2.89. The van der Waals surface area contributed by atoms with E-state index < -0.39 is 0 Å². The first kappa shape index (κ1) is 15.4. The fourth-order valence-corrected chi connectivity index (χ4v) is 3.02. The molecular formula is C14H27N3S. The van der Waals surface area contributed by atoms with Crippen LogP contribution in [-0.4, -0.2) is 25.1 Å². The van der Waals surface area contributed by atoms with Crippen molar-refractivity contribution in [3.63, 3.8) is 0 Å². The topological polar surface area (TPSA) is 28.2 Å². The van der Waals surface area contributed by atoms with E-state index in [0.29, 0.717) is 6.04 Å². The SMILES string of the molecule is CCC(CC)CN(CC)c1ncc(C(C)NC)s1. The van der Waals surface area contributed by atoms with Crippen LogP contribution in [0.1, 0.15) is 51.5 Å². The van der Waals surface area contributed by atoms with E-state index in [1.165, 1.54) is 22.9 Å². The van der Waals surface area contributed by atoms with Crippen molar-refractivity contribution < 1.29 is 0 Å². The van der Waals surface area contributed by atoms with Crippen molar-refractivity contribution in [3.05, 3.63) is 11.1 Å². The number of anilines is 1. The highest BCUT2D eigenvalue weighted by atomic mass is 32.1. The van der Waals surface area contributed by atoms with E-state index in [-0.39, 0.29) is 0 Å². The Bertz CT molecular complexity index is 334. The van der Waals surface area contributed by atoms with Gasteiger partial charge in [-0.2, -0.15) is 0 Å². The van der Waals surface area contributed by atoms with Crippen LogP contribution in [0.2, 0.25) is 0 Å². The van der Waals surface area contributed by atoms with Gasteiger partial charge in [-0.05, 0) is 26.8 Å².